The Kier molecular flexibility index (Phi) is 10700. The van der Waals surface area contributed by atoms with Crippen molar-refractivity contribution in [1.82, 2.24) is 0 Å². The molecule has 0 aromatic rings. The van der Waals surface area contributed by atoms with Crippen LogP contribution in [0, 0.1) is 0 Å². The molecule has 140 heteroatoms. The average molecular weight is 2660 g/mol. The number of rotatable bonds is 0. The van der Waals surface area contributed by atoms with Crippen molar-refractivity contribution in [2.24, 2.45) is 0 Å². The summed E-state index contributed by atoms with van der Waals surface area (Å²) in [5.41, 5.74) is 0. The van der Waals surface area contributed by atoms with E-state index in [0.29, 0.717) is 0 Å². The lowest BCUT2D eigenvalue weighted by atomic mass is 16.0. The van der Waals surface area contributed by atoms with Crippen LogP contribution in [0.25, 0.3) is 0 Å². The van der Waals surface area contributed by atoms with Gasteiger partial charge in [0.25, 0.3) is 0 Å². The summed E-state index contributed by atoms with van der Waals surface area (Å²) < 4.78 is 393. The summed E-state index contributed by atoms with van der Waals surface area (Å²) in [5, 5.41) is 0. The lowest BCUT2D eigenvalue weighted by molar-refractivity contribution is 0.366. The summed E-state index contributed by atoms with van der Waals surface area (Å²) in [6.45, 7) is 0. The van der Waals surface area contributed by atoms with E-state index in [9.17, 15) is 164 Å². The highest BCUT2D eigenvalue weighted by atomic mass is 28.5. The smallest absolute Gasteiger partial charge is 0.412 e. The van der Waals surface area contributed by atoms with Gasteiger partial charge in [-0.3, -0.25) is 0 Å². The highest BCUT2D eigenvalue weighted by molar-refractivity contribution is 6.52. The first kappa shape index (κ1) is 1930. The van der Waals surface area contributed by atoms with Crippen molar-refractivity contribution in [2.45, 2.75) is 0 Å². The van der Waals surface area contributed by atoms with Crippen LogP contribution in [0.5, 0.6) is 0 Å². The predicted molar refractivity (Wildman–Crippen MR) is 427 cm³/mol. The first-order chi connectivity index (χ1) is 20.0. The number of hydrogen-bond donors (Lipinski definition) is 0. The van der Waals surface area contributed by atoms with Gasteiger partial charge in [0.15, 0.2) is 0 Å². The van der Waals surface area contributed by atoms with Gasteiger partial charge in [-0.1, -0.05) is 0 Å². The number of halogens is 40. The monoisotopic (exact) mass is 2660 g/mol. The third-order valence-electron chi connectivity index (χ3n) is 0. The third kappa shape index (κ3) is 132000. The van der Waals surface area contributed by atoms with Gasteiger partial charge in [-0.05, 0) is 0 Å². The van der Waals surface area contributed by atoms with E-state index in [1.807, 2.05) is 0 Å². The molecule has 0 bridgehead atoms. The minimum Gasteiger partial charge on any atom is -0.412 e. The Morgan fingerprint density at radius 2 is 0.0357 bits per heavy atom. The molecular weight excluding hydrogens is 2480 g/mol. The van der Waals surface area contributed by atoms with E-state index in [1.54, 1.807) is 0 Å². The Morgan fingerprint density at radius 1 is 0.0357 bits per heavy atom. The summed E-state index contributed by atoms with van der Waals surface area (Å²) in [4.78, 5) is 0. The second kappa shape index (κ2) is 775. The summed E-state index contributed by atoms with van der Waals surface area (Å²) in [5.74, 6) is 0. The molecule has 180 N–H and O–H groups in total. The standard InChI is InChI=1S/10F4Si.90H2O/c10*1-5(2,3)4;;;;;;;;;;;;;;;;;;;;;;;;;;;;;;;;;;;;;;;;;;;;;;;;;;;;;;;;;;;;;;;;;;;;;;;;;;;;;;;;;;;;;;;;;;/h;;;;;;;;;;90*1H2. The molecule has 0 amide bonds. The highest BCUT2D eigenvalue weighted by Crippen LogP contribution is 2.11. The van der Waals surface area contributed by atoms with Crippen molar-refractivity contribution >= 4 is 94.1 Å². The minimum atomic E-state index is -6.61. The molecule has 0 saturated heterocycles. The third-order valence-corrected chi connectivity index (χ3v) is 0. The van der Waals surface area contributed by atoms with Crippen LogP contribution >= 0.6 is 0 Å². The van der Waals surface area contributed by atoms with Crippen molar-refractivity contribution in [3.8, 4) is 0 Å². The molecule has 1040 valence electrons. The second-order valence-electron chi connectivity index (χ2n) is 4.29. The molecule has 0 aromatic heterocycles. The molecule has 0 fully saturated rings. The van der Waals surface area contributed by atoms with Crippen LogP contribution in [0.3, 0.4) is 0 Å². The average Bonchev–Trinajstić information content (AvgIpc) is 2.34. The number of hydrogen-bond acceptors (Lipinski definition) is 0. The van der Waals surface area contributed by atoms with Gasteiger partial charge in [-0.15, -0.1) is 0 Å². The van der Waals surface area contributed by atoms with Crippen molar-refractivity contribution in [2.75, 3.05) is 0 Å². The Bertz CT molecular complexity index is 522. The zero-order valence-electron chi connectivity index (χ0n) is 65.1. The van der Waals surface area contributed by atoms with Gasteiger partial charge in [-0.2, -0.15) is 0 Å². The molecule has 0 radical (unpaired) electrons. The predicted octanol–water partition coefficient (Wildman–Crippen LogP) is -61.2. The van der Waals surface area contributed by atoms with Crippen LogP contribution in [0.2, 0.25) is 0 Å². The van der Waals surface area contributed by atoms with Gasteiger partial charge in [-0.25, -0.2) is 164 Å². The van der Waals surface area contributed by atoms with Gasteiger partial charge in [0.05, 0.1) is 0 Å². The van der Waals surface area contributed by atoms with E-state index in [1.165, 1.54) is 0 Å². The van der Waals surface area contributed by atoms with E-state index in [-0.39, 0.29) is 493 Å². The molecule has 0 rings (SSSR count). The maximum atomic E-state index is 9.83. The summed E-state index contributed by atoms with van der Waals surface area (Å²) in [7, 11) is -66.1. The maximum absolute atomic E-state index is 9.83. The van der Waals surface area contributed by atoms with Crippen LogP contribution in [-0.4, -0.2) is 587 Å². The molecule has 0 aliphatic heterocycles. The second-order valence-corrected chi connectivity index (χ2v) is 12.9. The van der Waals surface area contributed by atoms with Crippen LogP contribution in [-0.2, 0) is 0 Å². The minimum absolute atomic E-state index is 0. The normalized spacial score (nSPS) is 4.29. The van der Waals surface area contributed by atoms with Gasteiger partial charge < -0.3 is 493 Å². The molecule has 0 heterocycles. The van der Waals surface area contributed by atoms with E-state index in [4.69, 9.17) is 0 Å². The molecule has 0 spiro atoms. The van der Waals surface area contributed by atoms with E-state index in [2.05, 4.69) is 0 Å². The van der Waals surface area contributed by atoms with E-state index < -0.39 is 94.1 Å². The largest absolute Gasteiger partial charge is 0.844 e. The fourth-order valence-corrected chi connectivity index (χ4v) is 0. The van der Waals surface area contributed by atoms with Crippen molar-refractivity contribution in [1.29, 1.82) is 0 Å². The molecule has 140 heavy (non-hydrogen) atoms. The Morgan fingerprint density at radius 3 is 0.0357 bits per heavy atom. The van der Waals surface area contributed by atoms with Gasteiger partial charge in [0, 0.05) is 0 Å². The molecule has 0 aliphatic carbocycles. The lowest BCUT2D eigenvalue weighted by Gasteiger charge is -1.75. The zero-order chi connectivity index (χ0) is 45.0. The fourth-order valence-electron chi connectivity index (χ4n) is 0. The topological polar surface area (TPSA) is 2840 Å². The Hall–Kier alpha value is -4.23. The highest BCUT2D eigenvalue weighted by Gasteiger charge is 2.42. The Balaban J connectivity index is -0.00000000121. The van der Waals surface area contributed by atoms with Gasteiger partial charge in [0.2, 0.25) is 0 Å². The lowest BCUT2D eigenvalue weighted by Crippen LogP contribution is -2.02. The molecule has 0 saturated carbocycles. The first-order valence-corrected chi connectivity index (χ1v) is 22.7. The zero-order valence-corrected chi connectivity index (χ0v) is 75.1. The van der Waals surface area contributed by atoms with Crippen molar-refractivity contribution < 1.29 is 657 Å². The summed E-state index contributed by atoms with van der Waals surface area (Å²) in [6.07, 6.45) is 0. The molecule has 0 aromatic carbocycles. The Labute approximate surface area is 752 Å². The molecule has 90 nitrogen and oxygen atoms in total. The van der Waals surface area contributed by atoms with Gasteiger partial charge >= 0.3 is 94.1 Å². The van der Waals surface area contributed by atoms with E-state index in [0.717, 1.165) is 0 Å². The molecule has 0 unspecified atom stereocenters. The molecule has 0 atom stereocenters. The van der Waals surface area contributed by atoms with Gasteiger partial charge in [0.1, 0.15) is 0 Å². The quantitative estimate of drug-likeness (QED) is 0.124. The van der Waals surface area contributed by atoms with Crippen LogP contribution in [0.15, 0.2) is 0 Å². The van der Waals surface area contributed by atoms with Crippen molar-refractivity contribution in [3.05, 3.63) is 0 Å². The SMILES string of the molecule is F[Si](F)(F)F.F[Si](F)(F)F.F[Si](F)(F)F.F[Si](F)(F)F.F[Si](F)(F)F.F[Si](F)(F)F.F[Si](F)(F)F.F[Si](F)(F)F.F[Si](F)(F)F.F[Si](F)(F)F.O.O.O.O.O.O.O.O.O.O.O.O.O.O.O.O.O.O.O.O.O.O.O.O.O.O.O.O.O.O.O.O.O.O.O.O.O.O.O.O.O.O.O.O.O.O.O.O.O.O.O.O.O.O.O.O.O.O.O.O.O.O.O.O.O.O.O.O.O.O.O.O.O.O.O.O.O.O.O.O.O.O.O.O.O.O.O.O.O.O. The van der Waals surface area contributed by atoms with Crippen LogP contribution in [0.1, 0.15) is 0 Å². The molecule has 0 aliphatic rings. The van der Waals surface area contributed by atoms with Crippen LogP contribution < -0.4 is 0 Å². The van der Waals surface area contributed by atoms with E-state index >= 15 is 0 Å². The fraction of sp³-hybridized carbons (Fsp3) is 0. The maximum Gasteiger partial charge on any atom is 0.844 e. The molecular formula is H180F40O90Si10. The van der Waals surface area contributed by atoms with Crippen molar-refractivity contribution in [3.63, 3.8) is 0 Å². The first-order valence-electron chi connectivity index (χ1n) is 7.56. The van der Waals surface area contributed by atoms with Crippen LogP contribution in [0.4, 0.5) is 164 Å². The summed E-state index contributed by atoms with van der Waals surface area (Å²) in [6, 6.07) is 0. The summed E-state index contributed by atoms with van der Waals surface area (Å²) >= 11 is 0.